The molecule has 3 nitrogen and oxygen atoms in total. The lowest BCUT2D eigenvalue weighted by atomic mass is 10.1. The molecule has 1 unspecified atom stereocenters. The van der Waals surface area contributed by atoms with E-state index in [1.54, 1.807) is 6.20 Å². The monoisotopic (exact) mass is 294 g/mol. The van der Waals surface area contributed by atoms with E-state index in [0.717, 1.165) is 16.1 Å². The minimum Gasteiger partial charge on any atom is -0.445 e. The summed E-state index contributed by atoms with van der Waals surface area (Å²) < 4.78 is 6.50. The van der Waals surface area contributed by atoms with Gasteiger partial charge in [-0.2, -0.15) is 0 Å². The summed E-state index contributed by atoms with van der Waals surface area (Å²) in [5, 5.41) is 3.38. The maximum atomic E-state index is 5.41. The Morgan fingerprint density at radius 1 is 1.35 bits per heavy atom. The van der Waals surface area contributed by atoms with Gasteiger partial charge in [0.1, 0.15) is 5.76 Å². The second-order valence-corrected chi connectivity index (χ2v) is 4.93. The molecule has 17 heavy (non-hydrogen) atoms. The van der Waals surface area contributed by atoms with E-state index in [-0.39, 0.29) is 6.04 Å². The highest BCUT2D eigenvalue weighted by molar-refractivity contribution is 9.10. The highest BCUT2D eigenvalue weighted by Gasteiger charge is 2.06. The van der Waals surface area contributed by atoms with E-state index in [1.165, 1.54) is 5.56 Å². The van der Waals surface area contributed by atoms with Gasteiger partial charge in [-0.05, 0) is 31.5 Å². The van der Waals surface area contributed by atoms with Crippen LogP contribution in [0.2, 0.25) is 0 Å². The second-order valence-electron chi connectivity index (χ2n) is 4.02. The zero-order valence-electron chi connectivity index (χ0n) is 9.90. The first-order chi connectivity index (χ1) is 8.15. The molecule has 90 valence electrons. The molecule has 0 fully saturated rings. The van der Waals surface area contributed by atoms with Crippen LogP contribution in [0.4, 0.5) is 0 Å². The Hall–Kier alpha value is -1.13. The summed E-state index contributed by atoms with van der Waals surface area (Å²) in [6, 6.07) is 8.56. The topological polar surface area (TPSA) is 38.1 Å². The van der Waals surface area contributed by atoms with Crippen LogP contribution >= 0.6 is 15.9 Å². The van der Waals surface area contributed by atoms with E-state index in [2.05, 4.69) is 45.3 Å². The van der Waals surface area contributed by atoms with Crippen LogP contribution < -0.4 is 5.32 Å². The van der Waals surface area contributed by atoms with E-state index < -0.39 is 0 Å². The summed E-state index contributed by atoms with van der Waals surface area (Å²) in [4.78, 5) is 4.16. The van der Waals surface area contributed by atoms with E-state index >= 15 is 0 Å². The molecule has 0 aliphatic carbocycles. The quantitative estimate of drug-likeness (QED) is 0.936. The van der Waals surface area contributed by atoms with Gasteiger partial charge >= 0.3 is 0 Å². The molecule has 0 saturated carbocycles. The summed E-state index contributed by atoms with van der Waals surface area (Å²) in [6.45, 7) is 4.67. The molecule has 0 radical (unpaired) electrons. The predicted molar refractivity (Wildman–Crippen MR) is 70.6 cm³/mol. The summed E-state index contributed by atoms with van der Waals surface area (Å²) in [5.74, 6) is 1.57. The van der Waals surface area contributed by atoms with Gasteiger partial charge in [-0.25, -0.2) is 4.98 Å². The van der Waals surface area contributed by atoms with Crippen molar-refractivity contribution in [3.05, 3.63) is 52.1 Å². The SMILES string of the molecule is Cc1cnc(CNC(C)c2ccc(Br)cc2)o1. The molecule has 0 amide bonds. The zero-order chi connectivity index (χ0) is 12.3. The second kappa shape index (κ2) is 5.47. The molecule has 0 spiro atoms. The van der Waals surface area contributed by atoms with Crippen molar-refractivity contribution in [1.29, 1.82) is 0 Å². The van der Waals surface area contributed by atoms with Crippen molar-refractivity contribution in [2.24, 2.45) is 0 Å². The average molecular weight is 295 g/mol. The first kappa shape index (κ1) is 12.3. The Morgan fingerprint density at radius 2 is 2.06 bits per heavy atom. The molecule has 1 atom stereocenters. The van der Waals surface area contributed by atoms with Crippen molar-refractivity contribution in [3.8, 4) is 0 Å². The van der Waals surface area contributed by atoms with Gasteiger partial charge in [0.05, 0.1) is 12.7 Å². The van der Waals surface area contributed by atoms with Crippen LogP contribution in [-0.2, 0) is 6.54 Å². The van der Waals surface area contributed by atoms with Crippen LogP contribution in [0, 0.1) is 6.92 Å². The smallest absolute Gasteiger partial charge is 0.208 e. The molecule has 0 bridgehead atoms. The van der Waals surface area contributed by atoms with Gasteiger partial charge in [0.2, 0.25) is 5.89 Å². The number of halogens is 1. The highest BCUT2D eigenvalue weighted by atomic mass is 79.9. The summed E-state index contributed by atoms with van der Waals surface area (Å²) >= 11 is 3.43. The van der Waals surface area contributed by atoms with Gasteiger partial charge in [-0.15, -0.1) is 0 Å². The van der Waals surface area contributed by atoms with Crippen LogP contribution in [-0.4, -0.2) is 4.98 Å². The van der Waals surface area contributed by atoms with E-state index in [4.69, 9.17) is 4.42 Å². The lowest BCUT2D eigenvalue weighted by Gasteiger charge is -2.12. The fraction of sp³-hybridized carbons (Fsp3) is 0.308. The molecule has 0 aliphatic rings. The van der Waals surface area contributed by atoms with Crippen LogP contribution in [0.15, 0.2) is 39.4 Å². The van der Waals surface area contributed by atoms with Gasteiger partial charge < -0.3 is 9.73 Å². The third-order valence-corrected chi connectivity index (χ3v) is 3.13. The number of aromatic nitrogens is 1. The zero-order valence-corrected chi connectivity index (χ0v) is 11.5. The molecule has 0 aliphatic heterocycles. The van der Waals surface area contributed by atoms with Crippen molar-refractivity contribution >= 4 is 15.9 Å². The van der Waals surface area contributed by atoms with Gasteiger partial charge in [-0.1, -0.05) is 28.1 Å². The van der Waals surface area contributed by atoms with Crippen LogP contribution in [0.5, 0.6) is 0 Å². The Balaban J connectivity index is 1.93. The van der Waals surface area contributed by atoms with Crippen molar-refractivity contribution in [1.82, 2.24) is 10.3 Å². The molecule has 1 heterocycles. The molecule has 2 rings (SSSR count). The first-order valence-corrected chi connectivity index (χ1v) is 6.34. The van der Waals surface area contributed by atoms with Gasteiger partial charge in [-0.3, -0.25) is 0 Å². The van der Waals surface area contributed by atoms with Gasteiger partial charge in [0.15, 0.2) is 0 Å². The van der Waals surface area contributed by atoms with Gasteiger partial charge in [0.25, 0.3) is 0 Å². The summed E-state index contributed by atoms with van der Waals surface area (Å²) in [6.07, 6.45) is 1.74. The summed E-state index contributed by atoms with van der Waals surface area (Å²) in [5.41, 5.74) is 1.25. The van der Waals surface area contributed by atoms with Gasteiger partial charge in [0, 0.05) is 10.5 Å². The average Bonchev–Trinajstić information content (AvgIpc) is 2.73. The maximum Gasteiger partial charge on any atom is 0.208 e. The fourth-order valence-corrected chi connectivity index (χ4v) is 1.86. The number of rotatable bonds is 4. The Kier molecular flexibility index (Phi) is 3.97. The highest BCUT2D eigenvalue weighted by Crippen LogP contribution is 2.16. The maximum absolute atomic E-state index is 5.41. The number of nitrogens with zero attached hydrogens (tertiary/aromatic N) is 1. The van der Waals surface area contributed by atoms with Crippen molar-refractivity contribution in [3.63, 3.8) is 0 Å². The first-order valence-electron chi connectivity index (χ1n) is 5.55. The minimum atomic E-state index is 0.273. The number of nitrogens with one attached hydrogen (secondary N) is 1. The largest absolute Gasteiger partial charge is 0.445 e. The Morgan fingerprint density at radius 3 is 2.65 bits per heavy atom. The molecule has 2 aromatic rings. The predicted octanol–water partition coefficient (Wildman–Crippen LogP) is 3.60. The number of benzene rings is 1. The minimum absolute atomic E-state index is 0.273. The molecular weight excluding hydrogens is 280 g/mol. The Bertz CT molecular complexity index is 478. The van der Waals surface area contributed by atoms with Crippen LogP contribution in [0.3, 0.4) is 0 Å². The van der Waals surface area contributed by atoms with E-state index in [0.29, 0.717) is 6.54 Å². The van der Waals surface area contributed by atoms with Crippen LogP contribution in [0.1, 0.15) is 30.2 Å². The molecule has 4 heteroatoms. The third kappa shape index (κ3) is 3.41. The lowest BCUT2D eigenvalue weighted by molar-refractivity contribution is 0.432. The molecule has 1 N–H and O–H groups in total. The van der Waals surface area contributed by atoms with Crippen molar-refractivity contribution in [2.75, 3.05) is 0 Å². The third-order valence-electron chi connectivity index (χ3n) is 2.60. The number of hydrogen-bond acceptors (Lipinski definition) is 3. The lowest BCUT2D eigenvalue weighted by Crippen LogP contribution is -2.18. The summed E-state index contributed by atoms with van der Waals surface area (Å²) in [7, 11) is 0. The standard InChI is InChI=1S/C13H15BrN2O/c1-9-7-16-13(17-9)8-15-10(2)11-3-5-12(14)6-4-11/h3-7,10,15H,8H2,1-2H3. The van der Waals surface area contributed by atoms with Crippen LogP contribution in [0.25, 0.3) is 0 Å². The van der Waals surface area contributed by atoms with E-state index in [1.807, 2.05) is 19.1 Å². The molecule has 1 aromatic carbocycles. The van der Waals surface area contributed by atoms with E-state index in [9.17, 15) is 0 Å². The van der Waals surface area contributed by atoms with Crippen molar-refractivity contribution < 1.29 is 4.42 Å². The normalized spacial score (nSPS) is 12.6. The molecule has 0 saturated heterocycles. The molecule has 1 aromatic heterocycles. The Labute approximate surface area is 109 Å². The molecular formula is C13H15BrN2O. The number of hydrogen-bond donors (Lipinski definition) is 1. The number of aryl methyl sites for hydroxylation is 1. The number of oxazole rings is 1. The van der Waals surface area contributed by atoms with Crippen molar-refractivity contribution in [2.45, 2.75) is 26.4 Å². The fourth-order valence-electron chi connectivity index (χ4n) is 1.59.